The zero-order valence-corrected chi connectivity index (χ0v) is 20.3. The minimum absolute atomic E-state index is 0.0148. The van der Waals surface area contributed by atoms with Crippen LogP contribution in [0.2, 0.25) is 0 Å². The Morgan fingerprint density at radius 1 is 0.943 bits per heavy atom. The number of carbonyl (C=O) groups excluding carboxylic acids is 2. The van der Waals surface area contributed by atoms with Crippen molar-refractivity contribution < 1.29 is 14.0 Å². The lowest BCUT2D eigenvalue weighted by molar-refractivity contribution is 0.0518. The molecule has 1 aliphatic heterocycles. The van der Waals surface area contributed by atoms with E-state index in [1.165, 1.54) is 17.4 Å². The molecule has 0 bridgehead atoms. The fourth-order valence-electron chi connectivity index (χ4n) is 4.72. The molecular weight excluding hydrogens is 460 g/mol. The molecule has 3 aromatic heterocycles. The van der Waals surface area contributed by atoms with Crippen LogP contribution >= 0.6 is 11.3 Å². The second kappa shape index (κ2) is 8.39. The lowest BCUT2D eigenvalue weighted by Gasteiger charge is -2.34. The number of imidazole rings is 1. The van der Waals surface area contributed by atoms with E-state index in [1.54, 1.807) is 28.4 Å². The Hall–Kier alpha value is -3.91. The molecule has 0 radical (unpaired) electrons. The topological polar surface area (TPSA) is 71.1 Å². The molecule has 0 aliphatic carbocycles. The maximum absolute atomic E-state index is 13.2. The van der Waals surface area contributed by atoms with E-state index in [0.717, 1.165) is 26.4 Å². The van der Waals surface area contributed by atoms with E-state index in [0.29, 0.717) is 37.5 Å². The third kappa shape index (κ3) is 3.80. The summed E-state index contributed by atoms with van der Waals surface area (Å²) < 4.78 is 8.34. The van der Waals surface area contributed by atoms with Crippen LogP contribution in [-0.4, -0.2) is 57.2 Å². The minimum Gasteiger partial charge on any atom is -0.459 e. The van der Waals surface area contributed by atoms with Gasteiger partial charge in [0.15, 0.2) is 10.7 Å². The van der Waals surface area contributed by atoms with Crippen molar-refractivity contribution in [3.05, 3.63) is 83.4 Å². The highest BCUT2D eigenvalue weighted by atomic mass is 32.1. The highest BCUT2D eigenvalue weighted by Gasteiger charge is 2.27. The maximum Gasteiger partial charge on any atom is 0.289 e. The van der Waals surface area contributed by atoms with E-state index in [4.69, 9.17) is 9.40 Å². The molecule has 1 aliphatic rings. The molecule has 2 aromatic carbocycles. The molecule has 0 spiro atoms. The van der Waals surface area contributed by atoms with Gasteiger partial charge in [-0.3, -0.25) is 14.0 Å². The van der Waals surface area contributed by atoms with E-state index in [2.05, 4.69) is 42.6 Å². The number of carbonyl (C=O) groups is 2. The van der Waals surface area contributed by atoms with Gasteiger partial charge in [0.05, 0.1) is 22.2 Å². The van der Waals surface area contributed by atoms with Gasteiger partial charge in [-0.2, -0.15) is 0 Å². The first kappa shape index (κ1) is 21.6. The normalized spacial score (nSPS) is 14.2. The number of benzene rings is 2. The van der Waals surface area contributed by atoms with E-state index < -0.39 is 0 Å². The number of nitrogens with zero attached hydrogens (tertiary/aromatic N) is 4. The van der Waals surface area contributed by atoms with Gasteiger partial charge in [-0.05, 0) is 49.7 Å². The first-order valence-electron chi connectivity index (χ1n) is 11.6. The van der Waals surface area contributed by atoms with E-state index in [-0.39, 0.29) is 11.8 Å². The van der Waals surface area contributed by atoms with Crippen molar-refractivity contribution in [3.63, 3.8) is 0 Å². The van der Waals surface area contributed by atoms with Crippen LogP contribution in [0, 0.1) is 13.8 Å². The molecule has 4 heterocycles. The Morgan fingerprint density at radius 3 is 2.43 bits per heavy atom. The first-order valence-corrected chi connectivity index (χ1v) is 12.4. The van der Waals surface area contributed by atoms with Gasteiger partial charge in [0.1, 0.15) is 0 Å². The molecule has 1 fully saturated rings. The number of piperazine rings is 1. The molecule has 6 rings (SSSR count). The molecule has 5 aromatic rings. The van der Waals surface area contributed by atoms with Crippen LogP contribution in [0.15, 0.2) is 65.4 Å². The second-order valence-electron chi connectivity index (χ2n) is 8.94. The molecule has 0 atom stereocenters. The lowest BCUT2D eigenvalue weighted by atomic mass is 10.0. The highest BCUT2D eigenvalue weighted by Crippen LogP contribution is 2.31. The molecule has 8 heteroatoms. The van der Waals surface area contributed by atoms with Crippen molar-refractivity contribution in [3.8, 4) is 11.3 Å². The fraction of sp³-hybridized carbons (Fsp3) is 0.222. The molecule has 0 saturated carbocycles. The van der Waals surface area contributed by atoms with Gasteiger partial charge in [-0.25, -0.2) is 4.98 Å². The van der Waals surface area contributed by atoms with Crippen LogP contribution in [0.25, 0.3) is 26.4 Å². The third-order valence-corrected chi connectivity index (χ3v) is 7.60. The fourth-order valence-corrected chi connectivity index (χ4v) is 5.76. The number of aryl methyl sites for hydroxylation is 2. The molecule has 176 valence electrons. The predicted molar refractivity (Wildman–Crippen MR) is 136 cm³/mol. The number of hydrogen-bond donors (Lipinski definition) is 0. The maximum atomic E-state index is 13.2. The van der Waals surface area contributed by atoms with Crippen LogP contribution < -0.4 is 0 Å². The number of fused-ring (bicyclic) bond motifs is 3. The molecular formula is C27H24N4O3S. The van der Waals surface area contributed by atoms with Crippen molar-refractivity contribution in [1.29, 1.82) is 0 Å². The molecule has 7 nitrogen and oxygen atoms in total. The summed E-state index contributed by atoms with van der Waals surface area (Å²) >= 11 is 1.58. The van der Waals surface area contributed by atoms with Crippen LogP contribution in [0.1, 0.15) is 32.0 Å². The molecule has 0 N–H and O–H groups in total. The van der Waals surface area contributed by atoms with Gasteiger partial charge in [-0.1, -0.05) is 35.1 Å². The summed E-state index contributed by atoms with van der Waals surface area (Å²) in [6, 6.07) is 15.6. The number of rotatable bonds is 3. The predicted octanol–water partition coefficient (Wildman–Crippen LogP) is 5.02. The van der Waals surface area contributed by atoms with Gasteiger partial charge in [0.25, 0.3) is 11.8 Å². The Balaban J connectivity index is 1.21. The van der Waals surface area contributed by atoms with E-state index >= 15 is 0 Å². The SMILES string of the molecule is Cc1ccc(-c2cn3c(n2)sc2cc(C(=O)N4CCN(C(=O)c5ccco5)CC4)ccc23)c(C)c1. The third-order valence-electron chi connectivity index (χ3n) is 6.59. The summed E-state index contributed by atoms with van der Waals surface area (Å²) in [5.41, 5.74) is 6.23. The summed E-state index contributed by atoms with van der Waals surface area (Å²) in [6.45, 7) is 6.17. The van der Waals surface area contributed by atoms with Crippen LogP contribution in [-0.2, 0) is 0 Å². The van der Waals surface area contributed by atoms with E-state index in [1.807, 2.05) is 23.1 Å². The number of amides is 2. The van der Waals surface area contributed by atoms with Gasteiger partial charge in [0.2, 0.25) is 0 Å². The van der Waals surface area contributed by atoms with Crippen molar-refractivity contribution in [2.45, 2.75) is 13.8 Å². The number of furan rings is 1. The Morgan fingerprint density at radius 2 is 1.71 bits per heavy atom. The zero-order valence-electron chi connectivity index (χ0n) is 19.5. The Bertz CT molecular complexity index is 1570. The molecule has 1 saturated heterocycles. The smallest absolute Gasteiger partial charge is 0.289 e. The van der Waals surface area contributed by atoms with Crippen molar-refractivity contribution in [2.75, 3.05) is 26.2 Å². The number of aromatic nitrogens is 2. The van der Waals surface area contributed by atoms with E-state index in [9.17, 15) is 9.59 Å². The number of hydrogen-bond acceptors (Lipinski definition) is 5. The van der Waals surface area contributed by atoms with Crippen LogP contribution in [0.3, 0.4) is 0 Å². The Labute approximate surface area is 206 Å². The van der Waals surface area contributed by atoms with Crippen molar-refractivity contribution in [1.82, 2.24) is 19.2 Å². The quantitative estimate of drug-likeness (QED) is 0.360. The summed E-state index contributed by atoms with van der Waals surface area (Å²) in [4.78, 5) is 35.0. The second-order valence-corrected chi connectivity index (χ2v) is 9.95. The Kier molecular flexibility index (Phi) is 5.18. The zero-order chi connectivity index (χ0) is 24.1. The lowest BCUT2D eigenvalue weighted by Crippen LogP contribution is -2.50. The number of thiazole rings is 1. The first-order chi connectivity index (χ1) is 17.0. The largest absolute Gasteiger partial charge is 0.459 e. The van der Waals surface area contributed by atoms with Gasteiger partial charge >= 0.3 is 0 Å². The summed E-state index contributed by atoms with van der Waals surface area (Å²) in [5, 5.41) is 0. The van der Waals surface area contributed by atoms with Gasteiger partial charge < -0.3 is 14.2 Å². The van der Waals surface area contributed by atoms with Crippen LogP contribution in [0.4, 0.5) is 0 Å². The van der Waals surface area contributed by atoms with Gasteiger partial charge in [0, 0.05) is 43.5 Å². The summed E-state index contributed by atoms with van der Waals surface area (Å²) in [6.07, 6.45) is 3.57. The van der Waals surface area contributed by atoms with Crippen LogP contribution in [0.5, 0.6) is 0 Å². The molecule has 2 amide bonds. The van der Waals surface area contributed by atoms with Gasteiger partial charge in [-0.15, -0.1) is 0 Å². The average molecular weight is 485 g/mol. The minimum atomic E-state index is -0.134. The summed E-state index contributed by atoms with van der Waals surface area (Å²) in [5.74, 6) is 0.184. The van der Waals surface area contributed by atoms with Crippen molar-refractivity contribution in [2.24, 2.45) is 0 Å². The van der Waals surface area contributed by atoms with Crippen molar-refractivity contribution >= 4 is 38.3 Å². The average Bonchev–Trinajstić information content (AvgIpc) is 3.60. The highest BCUT2D eigenvalue weighted by molar-refractivity contribution is 7.23. The standard InChI is InChI=1S/C27H24N4O3S/c1-17-5-7-20(18(2)14-17)21-16-31-22-8-6-19(15-24(22)35-27(31)28-21)25(32)29-9-11-30(12-10-29)26(33)23-4-3-13-34-23/h3-8,13-16H,9-12H2,1-2H3. The monoisotopic (exact) mass is 484 g/mol. The molecule has 0 unspecified atom stereocenters. The molecule has 35 heavy (non-hydrogen) atoms. The summed E-state index contributed by atoms with van der Waals surface area (Å²) in [7, 11) is 0.